The zero-order chi connectivity index (χ0) is 12.1. The second-order valence-corrected chi connectivity index (χ2v) is 4.60. The van der Waals surface area contributed by atoms with E-state index in [1.165, 1.54) is 12.8 Å². The molecule has 1 saturated heterocycles. The number of pyridine rings is 1. The maximum atomic E-state index is 8.86. The van der Waals surface area contributed by atoms with Crippen molar-refractivity contribution in [1.29, 1.82) is 5.26 Å². The largest absolute Gasteiger partial charge is 0.368 e. The lowest BCUT2D eigenvalue weighted by Crippen LogP contribution is -2.33. The number of piperidine rings is 1. The zero-order valence-electron chi connectivity index (χ0n) is 9.54. The number of nitrogens with zero attached hydrogens (tertiary/aromatic N) is 2. The number of nitriles is 1. The van der Waals surface area contributed by atoms with Crippen LogP contribution in [0.5, 0.6) is 0 Å². The first-order chi connectivity index (χ1) is 8.31. The van der Waals surface area contributed by atoms with Gasteiger partial charge in [0, 0.05) is 12.7 Å². The summed E-state index contributed by atoms with van der Waals surface area (Å²) in [7, 11) is 0. The van der Waals surface area contributed by atoms with Crippen LogP contribution in [0, 0.1) is 17.2 Å². The topological polar surface area (TPSA) is 60.7 Å². The molecule has 0 spiro atoms. The van der Waals surface area contributed by atoms with Crippen molar-refractivity contribution in [3.8, 4) is 6.07 Å². The SMILES string of the molecule is N#Cc1ccnc(NCC2CCCNC2)c1Cl. The highest BCUT2D eigenvalue weighted by molar-refractivity contribution is 6.34. The summed E-state index contributed by atoms with van der Waals surface area (Å²) < 4.78 is 0. The Bertz CT molecular complexity index is 421. The summed E-state index contributed by atoms with van der Waals surface area (Å²) in [5.74, 6) is 1.21. The third-order valence-corrected chi connectivity index (χ3v) is 3.35. The Morgan fingerprint density at radius 2 is 2.53 bits per heavy atom. The molecule has 1 aromatic rings. The Balaban J connectivity index is 1.96. The molecule has 2 rings (SSSR count). The van der Waals surface area contributed by atoms with Gasteiger partial charge in [0.25, 0.3) is 0 Å². The van der Waals surface area contributed by atoms with Crippen molar-refractivity contribution in [3.05, 3.63) is 22.8 Å². The fraction of sp³-hybridized carbons (Fsp3) is 0.500. The Morgan fingerprint density at radius 1 is 1.65 bits per heavy atom. The molecule has 0 radical (unpaired) electrons. The van der Waals surface area contributed by atoms with Crippen LogP contribution in [0.4, 0.5) is 5.82 Å². The number of hydrogen-bond acceptors (Lipinski definition) is 4. The molecule has 0 bridgehead atoms. The van der Waals surface area contributed by atoms with E-state index in [-0.39, 0.29) is 0 Å². The Hall–Kier alpha value is -1.31. The van der Waals surface area contributed by atoms with Crippen LogP contribution in [0.2, 0.25) is 5.02 Å². The van der Waals surface area contributed by atoms with E-state index in [2.05, 4.69) is 15.6 Å². The van der Waals surface area contributed by atoms with Gasteiger partial charge in [-0.2, -0.15) is 5.26 Å². The second-order valence-electron chi connectivity index (χ2n) is 4.23. The molecular weight excluding hydrogens is 236 g/mol. The molecule has 1 fully saturated rings. The Morgan fingerprint density at radius 3 is 3.24 bits per heavy atom. The normalized spacial score (nSPS) is 19.6. The fourth-order valence-corrected chi connectivity index (χ4v) is 2.21. The van der Waals surface area contributed by atoms with E-state index in [0.717, 1.165) is 19.6 Å². The first kappa shape index (κ1) is 12.2. The molecule has 5 heteroatoms. The monoisotopic (exact) mass is 250 g/mol. The van der Waals surface area contributed by atoms with E-state index in [4.69, 9.17) is 16.9 Å². The van der Waals surface area contributed by atoms with Gasteiger partial charge >= 0.3 is 0 Å². The number of anilines is 1. The summed E-state index contributed by atoms with van der Waals surface area (Å²) in [5, 5.41) is 15.9. The molecule has 2 heterocycles. The van der Waals surface area contributed by atoms with E-state index in [9.17, 15) is 0 Å². The van der Waals surface area contributed by atoms with Gasteiger partial charge in [0.2, 0.25) is 0 Å². The first-order valence-corrected chi connectivity index (χ1v) is 6.18. The van der Waals surface area contributed by atoms with Crippen LogP contribution in [0.1, 0.15) is 18.4 Å². The van der Waals surface area contributed by atoms with Gasteiger partial charge in [-0.15, -0.1) is 0 Å². The summed E-state index contributed by atoms with van der Waals surface area (Å²) >= 11 is 6.06. The summed E-state index contributed by atoms with van der Waals surface area (Å²) in [6, 6.07) is 3.67. The van der Waals surface area contributed by atoms with Gasteiger partial charge in [-0.25, -0.2) is 4.98 Å². The smallest absolute Gasteiger partial charge is 0.146 e. The van der Waals surface area contributed by atoms with Crippen LogP contribution in [0.15, 0.2) is 12.3 Å². The highest BCUT2D eigenvalue weighted by Crippen LogP contribution is 2.23. The van der Waals surface area contributed by atoms with Crippen LogP contribution < -0.4 is 10.6 Å². The lowest BCUT2D eigenvalue weighted by Gasteiger charge is -2.23. The molecule has 90 valence electrons. The average molecular weight is 251 g/mol. The minimum absolute atomic E-state index is 0.416. The van der Waals surface area contributed by atoms with E-state index < -0.39 is 0 Å². The van der Waals surface area contributed by atoms with Crippen LogP contribution in [0.25, 0.3) is 0 Å². The van der Waals surface area contributed by atoms with Crippen LogP contribution in [0.3, 0.4) is 0 Å². The van der Waals surface area contributed by atoms with E-state index in [1.807, 2.05) is 6.07 Å². The molecule has 1 atom stereocenters. The number of aromatic nitrogens is 1. The lowest BCUT2D eigenvalue weighted by molar-refractivity contribution is 0.392. The van der Waals surface area contributed by atoms with Crippen molar-refractivity contribution in [1.82, 2.24) is 10.3 Å². The average Bonchev–Trinajstić information content (AvgIpc) is 2.39. The molecular formula is C12H15ClN4. The van der Waals surface area contributed by atoms with Gasteiger partial charge in [0.1, 0.15) is 16.9 Å². The van der Waals surface area contributed by atoms with Crippen molar-refractivity contribution < 1.29 is 0 Å². The molecule has 4 nitrogen and oxygen atoms in total. The third kappa shape index (κ3) is 3.09. The van der Waals surface area contributed by atoms with Crippen LogP contribution in [-0.4, -0.2) is 24.6 Å². The summed E-state index contributed by atoms with van der Waals surface area (Å²) in [5.41, 5.74) is 0.464. The molecule has 0 amide bonds. The molecule has 1 aromatic heterocycles. The molecule has 0 saturated carbocycles. The molecule has 1 aliphatic rings. The van der Waals surface area contributed by atoms with Gasteiger partial charge in [-0.05, 0) is 37.9 Å². The highest BCUT2D eigenvalue weighted by Gasteiger charge is 2.14. The zero-order valence-corrected chi connectivity index (χ0v) is 10.3. The van der Waals surface area contributed by atoms with Gasteiger partial charge in [-0.3, -0.25) is 0 Å². The summed E-state index contributed by atoms with van der Waals surface area (Å²) in [4.78, 5) is 4.16. The number of rotatable bonds is 3. The quantitative estimate of drug-likeness (QED) is 0.862. The molecule has 1 aliphatic heterocycles. The minimum Gasteiger partial charge on any atom is -0.368 e. The minimum atomic E-state index is 0.416. The Kier molecular flexibility index (Phi) is 4.18. The number of nitrogens with one attached hydrogen (secondary N) is 2. The number of halogens is 1. The van der Waals surface area contributed by atoms with Gasteiger partial charge in [-0.1, -0.05) is 11.6 Å². The van der Waals surface area contributed by atoms with Gasteiger partial charge in [0.05, 0.1) is 5.56 Å². The molecule has 0 aliphatic carbocycles. The van der Waals surface area contributed by atoms with Gasteiger partial charge < -0.3 is 10.6 Å². The maximum Gasteiger partial charge on any atom is 0.146 e. The third-order valence-electron chi connectivity index (χ3n) is 2.97. The molecule has 1 unspecified atom stereocenters. The van der Waals surface area contributed by atoms with Gasteiger partial charge in [0.15, 0.2) is 0 Å². The summed E-state index contributed by atoms with van der Waals surface area (Å²) in [6.07, 6.45) is 4.03. The predicted octanol–water partition coefficient (Wildman–Crippen LogP) is 2.02. The summed E-state index contributed by atoms with van der Waals surface area (Å²) in [6.45, 7) is 2.98. The van der Waals surface area contributed by atoms with E-state index in [1.54, 1.807) is 12.3 Å². The lowest BCUT2D eigenvalue weighted by atomic mass is 10.00. The van der Waals surface area contributed by atoms with Crippen molar-refractivity contribution >= 4 is 17.4 Å². The molecule has 2 N–H and O–H groups in total. The van der Waals surface area contributed by atoms with E-state index in [0.29, 0.717) is 22.3 Å². The predicted molar refractivity (Wildman–Crippen MR) is 68.0 cm³/mol. The van der Waals surface area contributed by atoms with Crippen molar-refractivity contribution in [2.24, 2.45) is 5.92 Å². The standard InChI is InChI=1S/C12H15ClN4/c13-11-10(6-14)3-5-16-12(11)17-8-9-2-1-4-15-7-9/h3,5,9,15H,1-2,4,7-8H2,(H,16,17). The maximum absolute atomic E-state index is 8.86. The second kappa shape index (κ2) is 5.85. The van der Waals surface area contributed by atoms with Crippen molar-refractivity contribution in [2.45, 2.75) is 12.8 Å². The van der Waals surface area contributed by atoms with Crippen LogP contribution in [-0.2, 0) is 0 Å². The number of hydrogen-bond donors (Lipinski definition) is 2. The fourth-order valence-electron chi connectivity index (χ4n) is 1.99. The molecule has 17 heavy (non-hydrogen) atoms. The molecule has 0 aromatic carbocycles. The van der Waals surface area contributed by atoms with Crippen molar-refractivity contribution in [2.75, 3.05) is 25.0 Å². The highest BCUT2D eigenvalue weighted by atomic mass is 35.5. The van der Waals surface area contributed by atoms with Crippen molar-refractivity contribution in [3.63, 3.8) is 0 Å². The Labute approximate surface area is 106 Å². The van der Waals surface area contributed by atoms with E-state index >= 15 is 0 Å². The first-order valence-electron chi connectivity index (χ1n) is 5.80. The van der Waals surface area contributed by atoms with Crippen LogP contribution >= 0.6 is 11.6 Å².